The van der Waals surface area contributed by atoms with Gasteiger partial charge in [-0.05, 0) is 78.8 Å². The van der Waals surface area contributed by atoms with Crippen molar-refractivity contribution in [2.45, 2.75) is 54.7 Å². The number of rotatable bonds is 3. The second-order valence-corrected chi connectivity index (χ2v) is 8.50. The average Bonchev–Trinajstić information content (AvgIpc) is 2.73. The van der Waals surface area contributed by atoms with Gasteiger partial charge in [-0.2, -0.15) is 0 Å². The number of hydrogen-bond donors (Lipinski definition) is 0. The van der Waals surface area contributed by atoms with Gasteiger partial charge in [0.25, 0.3) is 0 Å². The van der Waals surface area contributed by atoms with Gasteiger partial charge in [0.15, 0.2) is 6.20 Å². The Kier molecular flexibility index (Phi) is 3.29. The zero-order chi connectivity index (χ0) is 27.4. The lowest BCUT2D eigenvalue weighted by atomic mass is 9.83. The lowest BCUT2D eigenvalue weighted by Crippen LogP contribution is -2.31. The summed E-state index contributed by atoms with van der Waals surface area (Å²) in [5, 5.41) is 0. The van der Waals surface area contributed by atoms with Crippen LogP contribution in [-0.2, 0) is 13.4 Å². The molecular weight excluding hydrogens is 338 g/mol. The van der Waals surface area contributed by atoms with Crippen molar-refractivity contribution in [1.29, 1.82) is 0 Å². The van der Waals surface area contributed by atoms with Crippen molar-refractivity contribution in [3.05, 3.63) is 76.5 Å². The Labute approximate surface area is 182 Å². The Balaban J connectivity index is 2.40. The van der Waals surface area contributed by atoms with Gasteiger partial charge in [-0.15, -0.1) is 0 Å². The van der Waals surface area contributed by atoms with Crippen molar-refractivity contribution >= 4 is 0 Å². The summed E-state index contributed by atoms with van der Waals surface area (Å²) in [5.74, 6) is 0. The predicted molar refractivity (Wildman–Crippen MR) is 121 cm³/mol. The molecule has 0 N–H and O–H groups in total. The second-order valence-electron chi connectivity index (χ2n) is 8.50. The number of aromatic nitrogens is 1. The fraction of sp³-hybridized carbons (Fsp3) is 0.370. The molecule has 1 nitrogen and oxygen atoms in total. The maximum absolute atomic E-state index is 8.91. The molecule has 0 aliphatic rings. The van der Waals surface area contributed by atoms with Crippen LogP contribution in [0.2, 0.25) is 0 Å². The largest absolute Gasteiger partial charge is 0.212 e. The highest BCUT2D eigenvalue weighted by atomic mass is 14.9. The molecule has 3 aromatic rings. The van der Waals surface area contributed by atoms with Crippen molar-refractivity contribution in [1.82, 2.24) is 0 Å². The minimum absolute atomic E-state index is 0.152. The highest BCUT2D eigenvalue weighted by molar-refractivity contribution is 5.77. The fourth-order valence-corrected chi connectivity index (χ4v) is 3.46. The minimum atomic E-state index is -2.41. The number of pyridine rings is 1. The molecule has 3 rings (SSSR count). The Bertz CT molecular complexity index is 1290. The van der Waals surface area contributed by atoms with Gasteiger partial charge in [-0.25, -0.2) is 4.57 Å². The first-order chi connectivity index (χ1) is 16.3. The molecule has 28 heavy (non-hydrogen) atoms. The lowest BCUT2D eigenvalue weighted by Gasteiger charge is -2.22. The SMILES string of the molecule is [2H]C([2H])([2H])c1c[n+](C)c(-c2cc(-c3ccccc3C([2H])([2H])C(C)(C)C)c(C([2H])([2H])[2H])cc2C)cc1C. The maximum Gasteiger partial charge on any atom is 0.212 e. The summed E-state index contributed by atoms with van der Waals surface area (Å²) in [5.41, 5.74) is 3.93. The summed E-state index contributed by atoms with van der Waals surface area (Å²) in [6.07, 6.45) is -0.135. The van der Waals surface area contributed by atoms with Crippen molar-refractivity contribution in [2.24, 2.45) is 12.5 Å². The maximum atomic E-state index is 8.91. The second kappa shape index (κ2) is 7.54. The quantitative estimate of drug-likeness (QED) is 0.447. The van der Waals surface area contributed by atoms with Crippen LogP contribution in [0, 0.1) is 33.0 Å². The molecule has 0 atom stereocenters. The van der Waals surface area contributed by atoms with E-state index in [0.717, 1.165) is 16.8 Å². The van der Waals surface area contributed by atoms with Crippen LogP contribution in [-0.4, -0.2) is 0 Å². The molecule has 0 aliphatic heterocycles. The van der Waals surface area contributed by atoms with E-state index < -0.39 is 25.5 Å². The summed E-state index contributed by atoms with van der Waals surface area (Å²) < 4.78 is 67.7. The topological polar surface area (TPSA) is 3.88 Å². The molecule has 0 aliphatic carbocycles. The molecule has 1 aromatic heterocycles. The van der Waals surface area contributed by atoms with E-state index in [4.69, 9.17) is 11.0 Å². The molecular formula is C27H34N+. The minimum Gasteiger partial charge on any atom is -0.201 e. The molecule has 0 saturated heterocycles. The smallest absolute Gasteiger partial charge is 0.201 e. The van der Waals surface area contributed by atoms with E-state index in [9.17, 15) is 0 Å². The Hall–Kier alpha value is -2.41. The summed E-state index contributed by atoms with van der Waals surface area (Å²) >= 11 is 0. The first kappa shape index (κ1) is 12.2. The van der Waals surface area contributed by atoms with E-state index in [1.807, 2.05) is 33.8 Å². The Morgan fingerprint density at radius 3 is 2.25 bits per heavy atom. The standard InChI is InChI=1S/C27H34N/c1-18-14-26(28(8)17-21(18)4)25-15-24(19(2)13-20(25)3)23-12-10-9-11-22(23)16-27(5,6)7/h9-15,17H,16H2,1-8H3/q+1/i2D3,4D3,16D2. The van der Waals surface area contributed by atoms with Gasteiger partial charge in [0.1, 0.15) is 7.05 Å². The number of benzene rings is 2. The van der Waals surface area contributed by atoms with Crippen molar-refractivity contribution in [2.75, 3.05) is 0 Å². The van der Waals surface area contributed by atoms with Gasteiger partial charge >= 0.3 is 0 Å². The Morgan fingerprint density at radius 1 is 0.857 bits per heavy atom. The van der Waals surface area contributed by atoms with Crippen LogP contribution in [0.5, 0.6) is 0 Å². The predicted octanol–water partition coefficient (Wildman–Crippen LogP) is 6.67. The molecule has 0 amide bonds. The van der Waals surface area contributed by atoms with Crippen LogP contribution in [0.3, 0.4) is 0 Å². The third kappa shape index (κ3) is 4.19. The molecule has 1 heterocycles. The lowest BCUT2D eigenvalue weighted by molar-refractivity contribution is -0.660. The molecule has 0 fully saturated rings. The van der Waals surface area contributed by atoms with Crippen molar-refractivity contribution in [3.8, 4) is 22.4 Å². The summed E-state index contributed by atoms with van der Waals surface area (Å²) in [7, 11) is 1.77. The monoisotopic (exact) mass is 380 g/mol. The number of hydrogen-bond acceptors (Lipinski definition) is 0. The molecule has 1 heteroatoms. The molecule has 0 unspecified atom stereocenters. The number of nitrogens with zero attached hydrogens (tertiary/aromatic N) is 1. The van der Waals surface area contributed by atoms with Gasteiger partial charge in [0, 0.05) is 28.2 Å². The Morgan fingerprint density at radius 2 is 1.57 bits per heavy atom. The van der Waals surface area contributed by atoms with Crippen LogP contribution in [0.1, 0.15) is 59.6 Å². The molecule has 0 bridgehead atoms. The van der Waals surface area contributed by atoms with E-state index in [-0.39, 0.29) is 11.1 Å². The summed E-state index contributed by atoms with van der Waals surface area (Å²) in [6, 6.07) is 12.3. The van der Waals surface area contributed by atoms with Crippen LogP contribution in [0.15, 0.2) is 48.7 Å². The summed E-state index contributed by atoms with van der Waals surface area (Å²) in [6.45, 7) is 4.40. The van der Waals surface area contributed by atoms with E-state index in [2.05, 4.69) is 0 Å². The molecule has 0 spiro atoms. The molecule has 0 radical (unpaired) electrons. The third-order valence-electron chi connectivity index (χ3n) is 4.85. The van der Waals surface area contributed by atoms with Crippen LogP contribution in [0.4, 0.5) is 0 Å². The van der Waals surface area contributed by atoms with Gasteiger partial charge in [0.2, 0.25) is 5.69 Å². The van der Waals surface area contributed by atoms with Crippen molar-refractivity contribution in [3.63, 3.8) is 0 Å². The zero-order valence-corrected chi connectivity index (χ0v) is 17.6. The van der Waals surface area contributed by atoms with Gasteiger partial charge in [-0.1, -0.05) is 51.1 Å². The zero-order valence-electron chi connectivity index (χ0n) is 25.6. The van der Waals surface area contributed by atoms with Gasteiger partial charge in [0.05, 0.1) is 0 Å². The third-order valence-corrected chi connectivity index (χ3v) is 4.85. The summed E-state index contributed by atoms with van der Waals surface area (Å²) in [4.78, 5) is 0. The number of aryl methyl sites for hydroxylation is 5. The van der Waals surface area contributed by atoms with Gasteiger partial charge < -0.3 is 0 Å². The van der Waals surface area contributed by atoms with E-state index >= 15 is 0 Å². The van der Waals surface area contributed by atoms with Crippen LogP contribution >= 0.6 is 0 Å². The molecule has 0 saturated carbocycles. The van der Waals surface area contributed by atoms with Crippen molar-refractivity contribution < 1.29 is 15.5 Å². The first-order valence-corrected chi connectivity index (χ1v) is 9.53. The average molecular weight is 381 g/mol. The van der Waals surface area contributed by atoms with Gasteiger partial charge in [-0.3, -0.25) is 0 Å². The highest BCUT2D eigenvalue weighted by Gasteiger charge is 2.19. The van der Waals surface area contributed by atoms with Crippen LogP contribution < -0.4 is 4.57 Å². The molecule has 146 valence electrons. The highest BCUT2D eigenvalue weighted by Crippen LogP contribution is 2.35. The van der Waals surface area contributed by atoms with E-state index in [0.29, 0.717) is 22.3 Å². The molecule has 2 aromatic carbocycles. The van der Waals surface area contributed by atoms with E-state index in [1.165, 1.54) is 0 Å². The van der Waals surface area contributed by atoms with Crippen LogP contribution in [0.25, 0.3) is 22.4 Å². The first-order valence-electron chi connectivity index (χ1n) is 13.5. The fourth-order valence-electron chi connectivity index (χ4n) is 3.46. The normalized spacial score (nSPS) is 17.4. The van der Waals surface area contributed by atoms with E-state index in [1.54, 1.807) is 61.1 Å².